The SMILES string of the molecule is COC[C@H]1O[C@@H](OC)[C@H]2OC(C)(C)O[C@@H]21. The predicted octanol–water partition coefficient (Wildman–Crippen LogP) is 0.524. The second-order valence-electron chi connectivity index (χ2n) is 4.30. The molecule has 4 atom stereocenters. The Hall–Kier alpha value is -0.200. The van der Waals surface area contributed by atoms with E-state index < -0.39 is 5.79 Å². The summed E-state index contributed by atoms with van der Waals surface area (Å²) < 4.78 is 27.4. The highest BCUT2D eigenvalue weighted by atomic mass is 16.8. The molecular formula is C10H18O5. The van der Waals surface area contributed by atoms with Crippen molar-refractivity contribution in [2.24, 2.45) is 0 Å². The number of methoxy groups -OCH3 is 2. The average Bonchev–Trinajstić information content (AvgIpc) is 2.61. The standard InChI is InChI=1S/C10H18O5/c1-10(2)14-7-6(5-11-3)13-9(12-4)8(7)15-10/h6-9H,5H2,1-4H3/t6-,7-,8+,9-/m1/s1. The Morgan fingerprint density at radius 3 is 2.40 bits per heavy atom. The first-order chi connectivity index (χ1) is 7.07. The molecule has 0 bridgehead atoms. The zero-order valence-corrected chi connectivity index (χ0v) is 9.56. The quantitative estimate of drug-likeness (QED) is 0.691. The van der Waals surface area contributed by atoms with Gasteiger partial charge < -0.3 is 23.7 Å². The van der Waals surface area contributed by atoms with Crippen LogP contribution in [-0.2, 0) is 23.7 Å². The summed E-state index contributed by atoms with van der Waals surface area (Å²) in [6.45, 7) is 4.27. The van der Waals surface area contributed by atoms with Crippen LogP contribution in [0.1, 0.15) is 13.8 Å². The third-order valence-corrected chi connectivity index (χ3v) is 2.67. The van der Waals surface area contributed by atoms with Gasteiger partial charge in [-0.05, 0) is 13.8 Å². The molecule has 2 aliphatic rings. The van der Waals surface area contributed by atoms with Crippen molar-refractivity contribution in [1.29, 1.82) is 0 Å². The Morgan fingerprint density at radius 1 is 1.13 bits per heavy atom. The van der Waals surface area contributed by atoms with E-state index in [1.165, 1.54) is 0 Å². The van der Waals surface area contributed by atoms with Crippen LogP contribution in [0.4, 0.5) is 0 Å². The van der Waals surface area contributed by atoms with Gasteiger partial charge in [-0.3, -0.25) is 0 Å². The fourth-order valence-corrected chi connectivity index (χ4v) is 2.13. The molecule has 0 N–H and O–H groups in total. The normalized spacial score (nSPS) is 43.2. The van der Waals surface area contributed by atoms with E-state index >= 15 is 0 Å². The molecule has 2 saturated heterocycles. The van der Waals surface area contributed by atoms with Crippen molar-refractivity contribution in [3.63, 3.8) is 0 Å². The molecule has 15 heavy (non-hydrogen) atoms. The van der Waals surface area contributed by atoms with E-state index in [0.717, 1.165) is 0 Å². The van der Waals surface area contributed by atoms with E-state index in [9.17, 15) is 0 Å². The van der Waals surface area contributed by atoms with Crippen LogP contribution in [0.2, 0.25) is 0 Å². The lowest BCUT2D eigenvalue weighted by Crippen LogP contribution is -2.32. The summed E-state index contributed by atoms with van der Waals surface area (Å²) in [4.78, 5) is 0. The number of hydrogen-bond acceptors (Lipinski definition) is 5. The molecule has 0 unspecified atom stereocenters. The number of hydrogen-bond donors (Lipinski definition) is 0. The molecule has 2 heterocycles. The van der Waals surface area contributed by atoms with Crippen LogP contribution in [0.5, 0.6) is 0 Å². The van der Waals surface area contributed by atoms with Gasteiger partial charge in [0.05, 0.1) is 6.61 Å². The Kier molecular flexibility index (Phi) is 3.00. The van der Waals surface area contributed by atoms with Crippen LogP contribution in [-0.4, -0.2) is 51.2 Å². The smallest absolute Gasteiger partial charge is 0.186 e. The highest BCUT2D eigenvalue weighted by molar-refractivity contribution is 4.94. The number of rotatable bonds is 3. The maximum atomic E-state index is 5.76. The lowest BCUT2D eigenvalue weighted by molar-refractivity contribution is -0.231. The summed E-state index contributed by atoms with van der Waals surface area (Å²) in [5.74, 6) is -0.568. The molecule has 0 amide bonds. The lowest BCUT2D eigenvalue weighted by Gasteiger charge is -2.23. The van der Waals surface area contributed by atoms with Gasteiger partial charge in [-0.1, -0.05) is 0 Å². The van der Waals surface area contributed by atoms with Crippen molar-refractivity contribution < 1.29 is 23.7 Å². The minimum absolute atomic E-state index is 0.107. The van der Waals surface area contributed by atoms with Crippen LogP contribution < -0.4 is 0 Å². The van der Waals surface area contributed by atoms with Gasteiger partial charge in [0.25, 0.3) is 0 Å². The summed E-state index contributed by atoms with van der Waals surface area (Å²) >= 11 is 0. The van der Waals surface area contributed by atoms with Gasteiger partial charge >= 0.3 is 0 Å². The van der Waals surface area contributed by atoms with E-state index in [0.29, 0.717) is 6.61 Å². The molecule has 0 aromatic rings. The average molecular weight is 218 g/mol. The molecule has 88 valence electrons. The van der Waals surface area contributed by atoms with Crippen molar-refractivity contribution in [3.05, 3.63) is 0 Å². The van der Waals surface area contributed by atoms with Gasteiger partial charge in [0, 0.05) is 14.2 Å². The van der Waals surface area contributed by atoms with Crippen molar-refractivity contribution in [2.75, 3.05) is 20.8 Å². The molecule has 0 radical (unpaired) electrons. The first-order valence-corrected chi connectivity index (χ1v) is 5.10. The third kappa shape index (κ3) is 2.03. The second-order valence-corrected chi connectivity index (χ2v) is 4.30. The van der Waals surface area contributed by atoms with E-state index in [1.54, 1.807) is 14.2 Å². The fourth-order valence-electron chi connectivity index (χ4n) is 2.13. The molecule has 0 spiro atoms. The van der Waals surface area contributed by atoms with Crippen LogP contribution >= 0.6 is 0 Å². The predicted molar refractivity (Wildman–Crippen MR) is 51.4 cm³/mol. The van der Waals surface area contributed by atoms with Crippen LogP contribution in [0.15, 0.2) is 0 Å². The minimum atomic E-state index is -0.568. The molecule has 2 fully saturated rings. The second kappa shape index (κ2) is 3.99. The van der Waals surface area contributed by atoms with Gasteiger partial charge in [-0.25, -0.2) is 0 Å². The zero-order chi connectivity index (χ0) is 11.1. The van der Waals surface area contributed by atoms with Crippen LogP contribution in [0.25, 0.3) is 0 Å². The molecule has 5 nitrogen and oxygen atoms in total. The largest absolute Gasteiger partial charge is 0.382 e. The first-order valence-electron chi connectivity index (χ1n) is 5.10. The van der Waals surface area contributed by atoms with E-state index in [1.807, 2.05) is 13.8 Å². The first kappa shape index (κ1) is 11.3. The Morgan fingerprint density at radius 2 is 1.80 bits per heavy atom. The van der Waals surface area contributed by atoms with Crippen molar-refractivity contribution >= 4 is 0 Å². The Bertz CT molecular complexity index is 230. The summed E-state index contributed by atoms with van der Waals surface area (Å²) in [6.07, 6.45) is -0.751. The van der Waals surface area contributed by atoms with Crippen molar-refractivity contribution in [2.45, 2.75) is 44.2 Å². The summed E-state index contributed by atoms with van der Waals surface area (Å²) in [7, 11) is 3.24. The van der Waals surface area contributed by atoms with E-state index in [4.69, 9.17) is 23.7 Å². The number of ether oxygens (including phenoxy) is 5. The summed E-state index contributed by atoms with van der Waals surface area (Å²) in [5, 5.41) is 0. The fraction of sp³-hybridized carbons (Fsp3) is 1.00. The van der Waals surface area contributed by atoms with Gasteiger partial charge in [0.2, 0.25) is 0 Å². The van der Waals surface area contributed by atoms with Gasteiger partial charge in [-0.2, -0.15) is 0 Å². The van der Waals surface area contributed by atoms with E-state index in [2.05, 4.69) is 0 Å². The topological polar surface area (TPSA) is 46.2 Å². The molecule has 0 aromatic heterocycles. The van der Waals surface area contributed by atoms with Crippen molar-refractivity contribution in [1.82, 2.24) is 0 Å². The monoisotopic (exact) mass is 218 g/mol. The Balaban J connectivity index is 2.08. The molecule has 2 rings (SSSR count). The number of fused-ring (bicyclic) bond motifs is 1. The van der Waals surface area contributed by atoms with Crippen molar-refractivity contribution in [3.8, 4) is 0 Å². The van der Waals surface area contributed by atoms with Crippen LogP contribution in [0, 0.1) is 0 Å². The van der Waals surface area contributed by atoms with Crippen LogP contribution in [0.3, 0.4) is 0 Å². The summed E-state index contributed by atoms with van der Waals surface area (Å²) in [5.41, 5.74) is 0. The Labute approximate surface area is 89.6 Å². The molecular weight excluding hydrogens is 200 g/mol. The third-order valence-electron chi connectivity index (χ3n) is 2.67. The maximum Gasteiger partial charge on any atom is 0.186 e. The van der Waals surface area contributed by atoms with Gasteiger partial charge in [-0.15, -0.1) is 0 Å². The molecule has 2 aliphatic heterocycles. The van der Waals surface area contributed by atoms with E-state index in [-0.39, 0.29) is 24.6 Å². The highest BCUT2D eigenvalue weighted by Gasteiger charge is 2.55. The lowest BCUT2D eigenvalue weighted by atomic mass is 10.1. The zero-order valence-electron chi connectivity index (χ0n) is 9.56. The molecule has 0 aromatic carbocycles. The molecule has 0 aliphatic carbocycles. The summed E-state index contributed by atoms with van der Waals surface area (Å²) in [6, 6.07) is 0. The van der Waals surface area contributed by atoms with Gasteiger partial charge in [0.15, 0.2) is 12.1 Å². The molecule has 5 heteroatoms. The van der Waals surface area contributed by atoms with Gasteiger partial charge in [0.1, 0.15) is 18.3 Å². The minimum Gasteiger partial charge on any atom is -0.382 e. The maximum absolute atomic E-state index is 5.76. The molecule has 0 saturated carbocycles. The highest BCUT2D eigenvalue weighted by Crippen LogP contribution is 2.38.